The minimum absolute atomic E-state index is 0.122. The van der Waals surface area contributed by atoms with Gasteiger partial charge in [0.1, 0.15) is 5.60 Å². The highest BCUT2D eigenvalue weighted by atomic mass is 35.5. The molecule has 1 aromatic heterocycles. The monoisotopic (exact) mass is 368 g/mol. The zero-order valence-electron chi connectivity index (χ0n) is 15.2. The van der Waals surface area contributed by atoms with E-state index in [9.17, 15) is 9.59 Å². The van der Waals surface area contributed by atoms with Gasteiger partial charge in [-0.25, -0.2) is 9.69 Å². The summed E-state index contributed by atoms with van der Waals surface area (Å²) in [5.41, 5.74) is 0.351. The summed E-state index contributed by atoms with van der Waals surface area (Å²) in [6.45, 7) is 5.93. The third-order valence-corrected chi connectivity index (χ3v) is 3.95. The number of carbonyl (C=O) groups excluding carboxylic acids is 2. The number of halogens is 1. The van der Waals surface area contributed by atoms with E-state index in [2.05, 4.69) is 4.98 Å². The second kappa shape index (κ2) is 8.15. The smallest absolute Gasteiger partial charge is 0.417 e. The molecule has 0 aliphatic heterocycles. The van der Waals surface area contributed by atoms with Crippen LogP contribution >= 0.6 is 11.6 Å². The molecule has 0 aromatic carbocycles. The van der Waals surface area contributed by atoms with Gasteiger partial charge in [-0.15, -0.1) is 0 Å². The molecule has 0 bridgehead atoms. The number of nitrogens with zero attached hydrogens (tertiary/aromatic N) is 2. The number of amides is 2. The topological polar surface area (TPSA) is 68.7 Å². The second-order valence-electron chi connectivity index (χ2n) is 7.14. The number of imide groups is 1. The molecule has 0 N–H and O–H groups in total. The molecular weight excluding hydrogens is 344 g/mol. The van der Waals surface area contributed by atoms with Gasteiger partial charge in [0.2, 0.25) is 0 Å². The standard InChI is InChI=1S/C18H25ClN2O4/c1-18(2,3)25-17(23)21(13-7-8-13)16(22)14-10-12(6-5-9-24-4)20-11-15(14)19/h10-11,13H,5-9H2,1-4H3. The van der Waals surface area contributed by atoms with Crippen molar-refractivity contribution in [2.45, 2.75) is 58.1 Å². The van der Waals surface area contributed by atoms with E-state index >= 15 is 0 Å². The van der Waals surface area contributed by atoms with Crippen molar-refractivity contribution >= 4 is 23.6 Å². The predicted molar refractivity (Wildman–Crippen MR) is 94.9 cm³/mol. The van der Waals surface area contributed by atoms with Crippen molar-refractivity contribution in [3.05, 3.63) is 28.5 Å². The van der Waals surface area contributed by atoms with Crippen LogP contribution in [0.3, 0.4) is 0 Å². The van der Waals surface area contributed by atoms with E-state index < -0.39 is 17.6 Å². The number of methoxy groups -OCH3 is 1. The van der Waals surface area contributed by atoms with Crippen LogP contribution < -0.4 is 0 Å². The van der Waals surface area contributed by atoms with E-state index in [0.29, 0.717) is 13.0 Å². The molecule has 1 aliphatic rings. The Labute approximate surface area is 153 Å². The number of carbonyl (C=O) groups is 2. The number of aromatic nitrogens is 1. The Hall–Kier alpha value is -1.66. The maximum atomic E-state index is 12.9. The van der Waals surface area contributed by atoms with Gasteiger partial charge in [-0.2, -0.15) is 0 Å². The van der Waals surface area contributed by atoms with Crippen LogP contribution in [0.25, 0.3) is 0 Å². The molecule has 25 heavy (non-hydrogen) atoms. The molecule has 1 fully saturated rings. The van der Waals surface area contributed by atoms with Crippen LogP contribution in [0.15, 0.2) is 12.3 Å². The summed E-state index contributed by atoms with van der Waals surface area (Å²) < 4.78 is 10.4. The molecule has 0 atom stereocenters. The molecule has 0 saturated heterocycles. The first-order valence-corrected chi connectivity index (χ1v) is 8.80. The summed E-state index contributed by atoms with van der Waals surface area (Å²) in [6.07, 6.45) is 3.85. The lowest BCUT2D eigenvalue weighted by molar-refractivity contribution is 0.0227. The van der Waals surface area contributed by atoms with E-state index in [1.807, 2.05) is 0 Å². The molecule has 2 rings (SSSR count). The predicted octanol–water partition coefficient (Wildman–Crippen LogP) is 3.85. The number of hydrogen-bond acceptors (Lipinski definition) is 5. The number of ether oxygens (including phenoxy) is 2. The van der Waals surface area contributed by atoms with Gasteiger partial charge in [0, 0.05) is 31.6 Å². The SMILES string of the molecule is COCCCc1cc(C(=O)N(C(=O)OC(C)(C)C)C2CC2)c(Cl)cn1. The van der Waals surface area contributed by atoms with Crippen molar-refractivity contribution in [3.8, 4) is 0 Å². The van der Waals surface area contributed by atoms with Crippen LogP contribution in [0.5, 0.6) is 0 Å². The minimum atomic E-state index is -0.669. The highest BCUT2D eigenvalue weighted by Gasteiger charge is 2.40. The van der Waals surface area contributed by atoms with Gasteiger partial charge < -0.3 is 9.47 Å². The first kappa shape index (κ1) is 19.7. The fourth-order valence-electron chi connectivity index (χ4n) is 2.35. The van der Waals surface area contributed by atoms with E-state index in [-0.39, 0.29) is 16.6 Å². The van der Waals surface area contributed by atoms with Gasteiger partial charge in [-0.3, -0.25) is 9.78 Å². The Balaban J connectivity index is 2.21. The Morgan fingerprint density at radius 2 is 2.04 bits per heavy atom. The van der Waals surface area contributed by atoms with Crippen LogP contribution in [0.4, 0.5) is 4.79 Å². The van der Waals surface area contributed by atoms with Crippen LogP contribution in [0, 0.1) is 0 Å². The summed E-state index contributed by atoms with van der Waals surface area (Å²) >= 11 is 6.17. The first-order valence-electron chi connectivity index (χ1n) is 8.43. The van der Waals surface area contributed by atoms with E-state index in [1.54, 1.807) is 33.9 Å². The molecule has 0 spiro atoms. The lowest BCUT2D eigenvalue weighted by Crippen LogP contribution is -2.42. The summed E-state index contributed by atoms with van der Waals surface area (Å²) in [5, 5.41) is 0.231. The molecule has 2 amide bonds. The lowest BCUT2D eigenvalue weighted by atomic mass is 10.1. The van der Waals surface area contributed by atoms with Crippen molar-refractivity contribution in [1.82, 2.24) is 9.88 Å². The maximum absolute atomic E-state index is 12.9. The average Bonchev–Trinajstić information content (AvgIpc) is 3.32. The van der Waals surface area contributed by atoms with Gasteiger partial charge >= 0.3 is 6.09 Å². The van der Waals surface area contributed by atoms with Gasteiger partial charge in [0.15, 0.2) is 0 Å². The summed E-state index contributed by atoms with van der Waals surface area (Å²) in [4.78, 5) is 30.8. The first-order chi connectivity index (χ1) is 11.7. The normalized spacial score (nSPS) is 14.3. The number of hydrogen-bond donors (Lipinski definition) is 0. The van der Waals surface area contributed by atoms with Crippen LogP contribution in [-0.2, 0) is 15.9 Å². The number of rotatable bonds is 6. The lowest BCUT2D eigenvalue weighted by Gasteiger charge is -2.26. The Bertz CT molecular complexity index is 638. The molecule has 7 heteroatoms. The van der Waals surface area contributed by atoms with Gasteiger partial charge in [0.25, 0.3) is 5.91 Å². The van der Waals surface area contributed by atoms with Gasteiger partial charge in [-0.05, 0) is 52.5 Å². The highest BCUT2D eigenvalue weighted by molar-refractivity contribution is 6.34. The van der Waals surface area contributed by atoms with E-state index in [4.69, 9.17) is 21.1 Å². The Morgan fingerprint density at radius 3 is 2.60 bits per heavy atom. The third-order valence-electron chi connectivity index (χ3n) is 3.64. The zero-order valence-corrected chi connectivity index (χ0v) is 15.9. The number of pyridine rings is 1. The van der Waals surface area contributed by atoms with E-state index in [1.165, 1.54) is 11.1 Å². The molecule has 0 unspecified atom stereocenters. The van der Waals surface area contributed by atoms with Crippen molar-refractivity contribution in [2.75, 3.05) is 13.7 Å². The molecule has 1 saturated carbocycles. The molecular formula is C18H25ClN2O4. The molecule has 1 aromatic rings. The van der Waals surface area contributed by atoms with Gasteiger partial charge in [0.05, 0.1) is 10.6 Å². The zero-order chi connectivity index (χ0) is 18.6. The fourth-order valence-corrected chi connectivity index (χ4v) is 2.54. The summed E-state index contributed by atoms with van der Waals surface area (Å²) in [5.74, 6) is -0.433. The minimum Gasteiger partial charge on any atom is -0.443 e. The fraction of sp³-hybridized carbons (Fsp3) is 0.611. The van der Waals surface area contributed by atoms with Crippen molar-refractivity contribution in [3.63, 3.8) is 0 Å². The van der Waals surface area contributed by atoms with Crippen LogP contribution in [-0.4, -0.2) is 47.2 Å². The maximum Gasteiger partial charge on any atom is 0.417 e. The molecule has 0 radical (unpaired) electrons. The summed E-state index contributed by atoms with van der Waals surface area (Å²) in [7, 11) is 1.64. The van der Waals surface area contributed by atoms with Crippen LogP contribution in [0.1, 0.15) is 56.1 Å². The highest BCUT2D eigenvalue weighted by Crippen LogP contribution is 2.31. The second-order valence-corrected chi connectivity index (χ2v) is 7.55. The quantitative estimate of drug-likeness (QED) is 0.713. The molecule has 1 heterocycles. The van der Waals surface area contributed by atoms with Crippen molar-refractivity contribution in [1.29, 1.82) is 0 Å². The average molecular weight is 369 g/mol. The molecule has 1 aliphatic carbocycles. The van der Waals surface area contributed by atoms with Gasteiger partial charge in [-0.1, -0.05) is 11.6 Å². The molecule has 138 valence electrons. The van der Waals surface area contributed by atoms with Crippen molar-refractivity contribution in [2.24, 2.45) is 0 Å². The summed E-state index contributed by atoms with van der Waals surface area (Å²) in [6, 6.07) is 1.53. The van der Waals surface area contributed by atoms with Crippen LogP contribution in [0.2, 0.25) is 5.02 Å². The Kier molecular flexibility index (Phi) is 6.41. The van der Waals surface area contributed by atoms with Crippen molar-refractivity contribution < 1.29 is 19.1 Å². The molecule has 6 nitrogen and oxygen atoms in total. The van der Waals surface area contributed by atoms with E-state index in [0.717, 1.165) is 25.0 Å². The Morgan fingerprint density at radius 1 is 1.36 bits per heavy atom. The largest absolute Gasteiger partial charge is 0.443 e. The number of aryl methyl sites for hydroxylation is 1. The third kappa shape index (κ3) is 5.68.